The van der Waals surface area contributed by atoms with E-state index in [1.165, 1.54) is 0 Å². The zero-order valence-corrected chi connectivity index (χ0v) is 13.9. The van der Waals surface area contributed by atoms with Gasteiger partial charge < -0.3 is 0 Å². The predicted molar refractivity (Wildman–Crippen MR) is 84.1 cm³/mol. The van der Waals surface area contributed by atoms with E-state index in [4.69, 9.17) is 23.2 Å². The van der Waals surface area contributed by atoms with Crippen molar-refractivity contribution in [1.82, 2.24) is 9.78 Å². The van der Waals surface area contributed by atoms with E-state index in [0.29, 0.717) is 23.5 Å². The molecule has 0 spiro atoms. The molecule has 0 amide bonds. The molecular weight excluding hydrogens is 347 g/mol. The Morgan fingerprint density at radius 1 is 1.32 bits per heavy atom. The molecule has 0 aliphatic rings. The summed E-state index contributed by atoms with van der Waals surface area (Å²) in [4.78, 5) is 0. The van der Waals surface area contributed by atoms with Crippen LogP contribution >= 0.6 is 39.1 Å². The molecule has 1 aromatic carbocycles. The van der Waals surface area contributed by atoms with Crippen LogP contribution in [0.3, 0.4) is 0 Å². The lowest BCUT2D eigenvalue weighted by atomic mass is 10.1. The summed E-state index contributed by atoms with van der Waals surface area (Å²) >= 11 is 15.9. The maximum absolute atomic E-state index is 6.38. The standard InChI is InChI=1S/C14H15BrCl2N2/c1-9(2)13-11(7-16)14(17)19(18-13)8-10-5-3-4-6-12(10)15/h3-6,9H,7-8H2,1-2H3. The summed E-state index contributed by atoms with van der Waals surface area (Å²) in [5.41, 5.74) is 3.06. The lowest BCUT2D eigenvalue weighted by Crippen LogP contribution is -2.03. The quantitative estimate of drug-likeness (QED) is 0.683. The summed E-state index contributed by atoms with van der Waals surface area (Å²) in [5.74, 6) is 0.703. The SMILES string of the molecule is CC(C)c1nn(Cc2ccccc2Br)c(Cl)c1CCl. The van der Waals surface area contributed by atoms with Gasteiger partial charge >= 0.3 is 0 Å². The normalized spacial score (nSPS) is 11.3. The minimum absolute atomic E-state index is 0.312. The van der Waals surface area contributed by atoms with E-state index in [9.17, 15) is 0 Å². The van der Waals surface area contributed by atoms with E-state index in [2.05, 4.69) is 40.9 Å². The molecule has 0 unspecified atom stereocenters. The van der Waals surface area contributed by atoms with Crippen LogP contribution in [-0.4, -0.2) is 9.78 Å². The first-order valence-corrected chi connectivity index (χ1v) is 7.79. The van der Waals surface area contributed by atoms with Gasteiger partial charge in [-0.1, -0.05) is 59.6 Å². The monoisotopic (exact) mass is 360 g/mol. The minimum atomic E-state index is 0.312. The molecule has 0 aliphatic heterocycles. The first-order chi connectivity index (χ1) is 9.04. The van der Waals surface area contributed by atoms with Gasteiger partial charge in [-0.3, -0.25) is 0 Å². The Morgan fingerprint density at radius 3 is 2.53 bits per heavy atom. The fourth-order valence-electron chi connectivity index (χ4n) is 1.98. The Kier molecular flexibility index (Phi) is 4.93. The second-order valence-electron chi connectivity index (χ2n) is 4.69. The molecule has 0 N–H and O–H groups in total. The van der Waals surface area contributed by atoms with Crippen molar-refractivity contribution in [2.45, 2.75) is 32.2 Å². The third-order valence-corrected chi connectivity index (χ3v) is 4.44. The summed E-state index contributed by atoms with van der Waals surface area (Å²) in [6.45, 7) is 4.83. The van der Waals surface area contributed by atoms with Gasteiger partial charge in [0.2, 0.25) is 0 Å². The molecule has 1 aromatic heterocycles. The van der Waals surface area contributed by atoms with Gasteiger partial charge in [0.15, 0.2) is 0 Å². The molecular formula is C14H15BrCl2N2. The maximum Gasteiger partial charge on any atom is 0.132 e. The zero-order chi connectivity index (χ0) is 14.0. The Bertz CT molecular complexity index is 579. The number of hydrogen-bond donors (Lipinski definition) is 0. The third kappa shape index (κ3) is 3.15. The first kappa shape index (κ1) is 14.9. The van der Waals surface area contributed by atoms with Crippen LogP contribution in [0.25, 0.3) is 0 Å². The van der Waals surface area contributed by atoms with Crippen LogP contribution in [0.2, 0.25) is 5.15 Å². The van der Waals surface area contributed by atoms with Crippen LogP contribution in [0.15, 0.2) is 28.7 Å². The number of benzene rings is 1. The third-order valence-electron chi connectivity index (χ3n) is 2.97. The molecule has 0 aliphatic carbocycles. The lowest BCUT2D eigenvalue weighted by molar-refractivity contribution is 0.656. The number of hydrogen-bond acceptors (Lipinski definition) is 1. The number of halogens is 3. The number of nitrogens with zero attached hydrogens (tertiary/aromatic N) is 2. The van der Waals surface area contributed by atoms with Crippen molar-refractivity contribution in [3.8, 4) is 0 Å². The average molecular weight is 362 g/mol. The molecule has 0 atom stereocenters. The Balaban J connectivity index is 2.39. The van der Waals surface area contributed by atoms with E-state index in [-0.39, 0.29) is 0 Å². The van der Waals surface area contributed by atoms with Crippen LogP contribution < -0.4 is 0 Å². The van der Waals surface area contributed by atoms with Gasteiger partial charge in [-0.05, 0) is 17.5 Å². The highest BCUT2D eigenvalue weighted by Gasteiger charge is 2.18. The predicted octanol–water partition coefficient (Wildman–Crippen LogP) is 5.21. The van der Waals surface area contributed by atoms with Crippen molar-refractivity contribution in [3.05, 3.63) is 50.7 Å². The fourth-order valence-corrected chi connectivity index (χ4v) is 2.98. The van der Waals surface area contributed by atoms with Gasteiger partial charge in [-0.25, -0.2) is 4.68 Å². The fraction of sp³-hybridized carbons (Fsp3) is 0.357. The van der Waals surface area contributed by atoms with E-state index < -0.39 is 0 Å². The molecule has 19 heavy (non-hydrogen) atoms. The first-order valence-electron chi connectivity index (χ1n) is 6.09. The second-order valence-corrected chi connectivity index (χ2v) is 6.17. The van der Waals surface area contributed by atoms with E-state index in [1.807, 2.05) is 22.9 Å². The second kappa shape index (κ2) is 6.29. The molecule has 5 heteroatoms. The number of aromatic nitrogens is 2. The van der Waals surface area contributed by atoms with Crippen LogP contribution in [0.4, 0.5) is 0 Å². The highest BCUT2D eigenvalue weighted by atomic mass is 79.9. The average Bonchev–Trinajstić information content (AvgIpc) is 2.69. The highest BCUT2D eigenvalue weighted by molar-refractivity contribution is 9.10. The van der Waals surface area contributed by atoms with Crippen molar-refractivity contribution in [2.75, 3.05) is 0 Å². The summed E-state index contributed by atoms with van der Waals surface area (Å²) in [6.07, 6.45) is 0. The lowest BCUT2D eigenvalue weighted by Gasteiger charge is -2.06. The molecule has 0 saturated heterocycles. The Labute approximate surface area is 131 Å². The van der Waals surface area contributed by atoms with Crippen LogP contribution in [0.1, 0.15) is 36.6 Å². The molecule has 0 radical (unpaired) electrons. The smallest absolute Gasteiger partial charge is 0.132 e. The molecule has 2 aromatic rings. The van der Waals surface area contributed by atoms with Crippen molar-refractivity contribution in [1.29, 1.82) is 0 Å². The molecule has 0 saturated carbocycles. The maximum atomic E-state index is 6.38. The van der Waals surface area contributed by atoms with Crippen LogP contribution in [0.5, 0.6) is 0 Å². The van der Waals surface area contributed by atoms with Crippen molar-refractivity contribution >= 4 is 39.1 Å². The molecule has 102 valence electrons. The molecule has 2 nitrogen and oxygen atoms in total. The van der Waals surface area contributed by atoms with Crippen molar-refractivity contribution in [3.63, 3.8) is 0 Å². The van der Waals surface area contributed by atoms with Gasteiger partial charge in [0.1, 0.15) is 5.15 Å². The summed E-state index contributed by atoms with van der Waals surface area (Å²) < 4.78 is 2.87. The van der Waals surface area contributed by atoms with Gasteiger partial charge in [-0.15, -0.1) is 11.6 Å². The topological polar surface area (TPSA) is 17.8 Å². The molecule has 0 bridgehead atoms. The molecule has 1 heterocycles. The van der Waals surface area contributed by atoms with Gasteiger partial charge in [0.05, 0.1) is 18.1 Å². The van der Waals surface area contributed by atoms with E-state index in [0.717, 1.165) is 21.3 Å². The number of alkyl halides is 1. The van der Waals surface area contributed by atoms with Gasteiger partial charge in [-0.2, -0.15) is 5.10 Å². The van der Waals surface area contributed by atoms with Crippen LogP contribution in [-0.2, 0) is 12.4 Å². The number of rotatable bonds is 4. The van der Waals surface area contributed by atoms with Gasteiger partial charge in [0.25, 0.3) is 0 Å². The van der Waals surface area contributed by atoms with Crippen molar-refractivity contribution in [2.24, 2.45) is 0 Å². The summed E-state index contributed by atoms with van der Waals surface area (Å²) in [7, 11) is 0. The Hall–Kier alpha value is -0.510. The van der Waals surface area contributed by atoms with Crippen molar-refractivity contribution < 1.29 is 0 Å². The zero-order valence-electron chi connectivity index (χ0n) is 10.8. The Morgan fingerprint density at radius 2 is 2.00 bits per heavy atom. The molecule has 2 rings (SSSR count). The minimum Gasteiger partial charge on any atom is -0.249 e. The highest BCUT2D eigenvalue weighted by Crippen LogP contribution is 2.28. The van der Waals surface area contributed by atoms with Gasteiger partial charge in [0, 0.05) is 10.0 Å². The summed E-state index contributed by atoms with van der Waals surface area (Å²) in [6, 6.07) is 8.06. The van der Waals surface area contributed by atoms with Crippen LogP contribution in [0, 0.1) is 0 Å². The molecule has 0 fully saturated rings. The van der Waals surface area contributed by atoms with E-state index in [1.54, 1.807) is 0 Å². The summed E-state index contributed by atoms with van der Waals surface area (Å²) in [5, 5.41) is 5.23. The largest absolute Gasteiger partial charge is 0.249 e. The van der Waals surface area contributed by atoms with E-state index >= 15 is 0 Å².